The van der Waals surface area contributed by atoms with Crippen LogP contribution in [0.1, 0.15) is 36.8 Å². The normalized spacial score (nSPS) is 17.6. The van der Waals surface area contributed by atoms with Gasteiger partial charge in [-0.1, -0.05) is 17.7 Å². The first-order valence-electron chi connectivity index (χ1n) is 14.0. The van der Waals surface area contributed by atoms with Crippen LogP contribution >= 0.6 is 0 Å². The molecular weight excluding hydrogens is 526 g/mol. The minimum atomic E-state index is -1.59. The molecule has 10 nitrogen and oxygen atoms in total. The van der Waals surface area contributed by atoms with E-state index in [1.165, 1.54) is 6.42 Å². The number of aromatic amines is 1. The van der Waals surface area contributed by atoms with Gasteiger partial charge < -0.3 is 9.80 Å². The van der Waals surface area contributed by atoms with Gasteiger partial charge in [0, 0.05) is 62.8 Å². The van der Waals surface area contributed by atoms with Gasteiger partial charge in [-0.05, 0) is 62.9 Å². The largest absolute Gasteiger partial charge is 0.369 e. The van der Waals surface area contributed by atoms with Crippen molar-refractivity contribution in [1.82, 2.24) is 29.6 Å². The molecule has 0 spiro atoms. The molecule has 0 radical (unpaired) electrons. The van der Waals surface area contributed by atoms with Gasteiger partial charge >= 0.3 is 0 Å². The summed E-state index contributed by atoms with van der Waals surface area (Å²) < 4.78 is 15.1. The number of fused-ring (bicyclic) bond motifs is 3. The average molecular weight is 562 g/mol. The Kier molecular flexibility index (Phi) is 7.41. The molecule has 0 saturated carbocycles. The zero-order valence-electron chi connectivity index (χ0n) is 23.1. The molecule has 2 aliphatic rings. The number of benzene rings is 2. The van der Waals surface area contributed by atoms with Crippen molar-refractivity contribution in [1.29, 1.82) is 0 Å². The number of carbonyl (C=O) groups excluding carboxylic acids is 1. The van der Waals surface area contributed by atoms with E-state index in [2.05, 4.69) is 25.1 Å². The lowest BCUT2D eigenvalue weighted by Crippen LogP contribution is -2.47. The van der Waals surface area contributed by atoms with Crippen LogP contribution in [0.2, 0.25) is 0 Å². The van der Waals surface area contributed by atoms with Gasteiger partial charge in [-0.25, -0.2) is 13.9 Å². The fraction of sp³-hybridized carbons (Fsp3) is 0.448. The number of aromatic nitrogens is 4. The number of nitrogens with one attached hydrogen (secondary N) is 1. The number of hydrogen-bond donors (Lipinski definition) is 1. The van der Waals surface area contributed by atoms with Gasteiger partial charge in [0.2, 0.25) is 5.91 Å². The Bertz CT molecular complexity index is 1650. The second kappa shape index (κ2) is 11.1. The van der Waals surface area contributed by atoms with Crippen molar-refractivity contribution in [2.45, 2.75) is 49.5 Å². The standard InChI is InChI=1S/C29H35N7O3S/c1-20-6-9-25(21(2)18-20)40(39)29-27-30-28(38)23-8-7-22(19-24(23)36(27)32-31-29)34-16-14-33(15-17-34)13-10-26(37)35-11-4-3-5-12-35/h6-9,18-19,32H,3-5,10-17H2,1-2H3. The van der Waals surface area contributed by atoms with Crippen LogP contribution in [0.25, 0.3) is 16.6 Å². The first kappa shape index (κ1) is 26.6. The van der Waals surface area contributed by atoms with Crippen molar-refractivity contribution >= 4 is 38.9 Å². The van der Waals surface area contributed by atoms with E-state index in [1.807, 2.05) is 49.1 Å². The van der Waals surface area contributed by atoms with E-state index in [0.717, 1.165) is 75.5 Å². The smallest absolute Gasteiger partial charge is 0.281 e. The molecule has 0 bridgehead atoms. The zero-order valence-corrected chi connectivity index (χ0v) is 23.9. The molecule has 1 atom stereocenters. The summed E-state index contributed by atoms with van der Waals surface area (Å²) in [6, 6.07) is 11.5. The van der Waals surface area contributed by atoms with Gasteiger partial charge in [0.25, 0.3) is 5.56 Å². The topological polar surface area (TPSA) is 107 Å². The van der Waals surface area contributed by atoms with Crippen LogP contribution in [0.15, 0.2) is 51.1 Å². The third-order valence-electron chi connectivity index (χ3n) is 8.11. The lowest BCUT2D eigenvalue weighted by Gasteiger charge is -2.36. The van der Waals surface area contributed by atoms with Gasteiger partial charge in [0.15, 0.2) is 10.7 Å². The Hall–Kier alpha value is -3.57. The number of likely N-dealkylation sites (tertiary alicyclic amines) is 1. The lowest BCUT2D eigenvalue weighted by molar-refractivity contribution is -0.132. The third kappa shape index (κ3) is 5.15. The van der Waals surface area contributed by atoms with E-state index in [0.29, 0.717) is 22.2 Å². The molecule has 2 saturated heterocycles. The molecule has 2 fully saturated rings. The van der Waals surface area contributed by atoms with Crippen molar-refractivity contribution in [3.05, 3.63) is 57.9 Å². The SMILES string of the molecule is Cc1ccc(S(=O)c2n[nH]n3c2nc(=O)c2ccc(N4CCN(CCC(=O)N5CCCCC5)CC4)cc23)c(C)c1. The molecule has 2 aliphatic heterocycles. The van der Waals surface area contributed by atoms with Crippen LogP contribution in [0.5, 0.6) is 0 Å². The van der Waals surface area contributed by atoms with Crippen LogP contribution in [-0.2, 0) is 15.6 Å². The van der Waals surface area contributed by atoms with Crippen LogP contribution in [0.3, 0.4) is 0 Å². The van der Waals surface area contributed by atoms with Gasteiger partial charge in [0.05, 0.1) is 10.9 Å². The Morgan fingerprint density at radius 1 is 0.975 bits per heavy atom. The number of anilines is 1. The Labute approximate surface area is 235 Å². The minimum Gasteiger partial charge on any atom is -0.369 e. The molecule has 6 rings (SSSR count). The van der Waals surface area contributed by atoms with Crippen LogP contribution < -0.4 is 10.5 Å². The summed E-state index contributed by atoms with van der Waals surface area (Å²) in [6.45, 7) is 9.92. The molecule has 1 unspecified atom stereocenters. The number of piperidine rings is 1. The number of carbonyl (C=O) groups is 1. The zero-order chi connectivity index (χ0) is 27.8. The van der Waals surface area contributed by atoms with E-state index < -0.39 is 10.8 Å². The second-order valence-electron chi connectivity index (χ2n) is 10.9. The van der Waals surface area contributed by atoms with Crippen LogP contribution in [-0.4, -0.2) is 85.5 Å². The van der Waals surface area contributed by atoms with E-state index in [-0.39, 0.29) is 22.1 Å². The fourth-order valence-corrected chi connectivity index (χ4v) is 6.99. The number of hydrogen-bond acceptors (Lipinski definition) is 7. The summed E-state index contributed by atoms with van der Waals surface area (Å²) in [7, 11) is -1.59. The maximum absolute atomic E-state index is 13.5. The Balaban J connectivity index is 1.19. The number of rotatable bonds is 6. The summed E-state index contributed by atoms with van der Waals surface area (Å²) in [5.41, 5.74) is 3.55. The number of piperazine rings is 1. The van der Waals surface area contributed by atoms with E-state index in [9.17, 15) is 13.8 Å². The highest BCUT2D eigenvalue weighted by Gasteiger charge is 2.23. The molecule has 1 amide bonds. The van der Waals surface area contributed by atoms with Crippen molar-refractivity contribution in [3.8, 4) is 0 Å². The number of amides is 1. The van der Waals surface area contributed by atoms with Gasteiger partial charge in [-0.2, -0.15) is 4.98 Å². The van der Waals surface area contributed by atoms with Gasteiger partial charge in [0.1, 0.15) is 10.8 Å². The quantitative estimate of drug-likeness (QED) is 0.386. The van der Waals surface area contributed by atoms with Crippen LogP contribution in [0, 0.1) is 13.8 Å². The molecule has 1 N–H and O–H groups in total. The Morgan fingerprint density at radius 2 is 1.75 bits per heavy atom. The summed E-state index contributed by atoms with van der Waals surface area (Å²) in [5.74, 6) is 0.275. The lowest BCUT2D eigenvalue weighted by atomic mass is 10.1. The highest BCUT2D eigenvalue weighted by atomic mass is 32.2. The maximum Gasteiger partial charge on any atom is 0.281 e. The monoisotopic (exact) mass is 561 g/mol. The molecule has 2 aromatic heterocycles. The van der Waals surface area contributed by atoms with Crippen molar-refractivity contribution in [2.24, 2.45) is 0 Å². The highest BCUT2D eigenvalue weighted by molar-refractivity contribution is 7.85. The van der Waals surface area contributed by atoms with Crippen LogP contribution in [0.4, 0.5) is 5.69 Å². The summed E-state index contributed by atoms with van der Waals surface area (Å²) >= 11 is 0. The maximum atomic E-state index is 13.5. The molecule has 11 heteroatoms. The number of nitrogens with zero attached hydrogens (tertiary/aromatic N) is 6. The second-order valence-corrected chi connectivity index (χ2v) is 12.2. The van der Waals surface area contributed by atoms with Gasteiger partial charge in [-0.3, -0.25) is 14.5 Å². The van der Waals surface area contributed by atoms with Crippen molar-refractivity contribution in [2.75, 3.05) is 50.7 Å². The predicted molar refractivity (Wildman–Crippen MR) is 155 cm³/mol. The van der Waals surface area contributed by atoms with E-state index in [4.69, 9.17) is 0 Å². The predicted octanol–water partition coefficient (Wildman–Crippen LogP) is 2.88. The Morgan fingerprint density at radius 3 is 2.50 bits per heavy atom. The van der Waals surface area contributed by atoms with Gasteiger partial charge in [-0.15, -0.1) is 5.10 Å². The molecule has 2 aromatic carbocycles. The molecule has 4 aromatic rings. The van der Waals surface area contributed by atoms with E-state index in [1.54, 1.807) is 10.6 Å². The summed E-state index contributed by atoms with van der Waals surface area (Å²) in [6.07, 6.45) is 4.05. The average Bonchev–Trinajstić information content (AvgIpc) is 3.40. The molecule has 4 heterocycles. The third-order valence-corrected chi connectivity index (χ3v) is 9.59. The molecule has 40 heavy (non-hydrogen) atoms. The summed E-state index contributed by atoms with van der Waals surface area (Å²) in [4.78, 5) is 37.1. The van der Waals surface area contributed by atoms with Crippen molar-refractivity contribution < 1.29 is 9.00 Å². The fourth-order valence-electron chi connectivity index (χ4n) is 5.81. The highest BCUT2D eigenvalue weighted by Crippen LogP contribution is 2.25. The molecular formula is C29H35N7O3S. The first-order chi connectivity index (χ1) is 19.4. The molecule has 210 valence electrons. The minimum absolute atomic E-state index is 0.240. The number of aryl methyl sites for hydroxylation is 2. The summed E-state index contributed by atoms with van der Waals surface area (Å²) in [5, 5.41) is 7.99. The van der Waals surface area contributed by atoms with E-state index >= 15 is 0 Å². The number of H-pyrrole nitrogens is 1. The van der Waals surface area contributed by atoms with Crippen molar-refractivity contribution in [3.63, 3.8) is 0 Å². The first-order valence-corrected chi connectivity index (χ1v) is 15.2. The molecule has 0 aliphatic carbocycles.